The van der Waals surface area contributed by atoms with E-state index in [1.54, 1.807) is 18.3 Å². The summed E-state index contributed by atoms with van der Waals surface area (Å²) in [5.41, 5.74) is 12.7. The van der Waals surface area contributed by atoms with Crippen LogP contribution in [0.25, 0.3) is 12.2 Å². The average Bonchev–Trinajstić information content (AvgIpc) is 2.98. The lowest BCUT2D eigenvalue weighted by atomic mass is 9.64. The minimum Gasteiger partial charge on any atom is -0.507 e. The number of nitrogens with one attached hydrogen (secondary N) is 1. The molecule has 1 fully saturated rings. The molecule has 5 rings (SSSR count). The van der Waals surface area contributed by atoms with Gasteiger partial charge in [-0.3, -0.25) is 0 Å². The molecule has 5 N–H and O–H groups in total. The molecule has 0 bridgehead atoms. The van der Waals surface area contributed by atoms with E-state index in [2.05, 4.69) is 43.4 Å². The van der Waals surface area contributed by atoms with Crippen LogP contribution in [-0.2, 0) is 19.4 Å². The number of hydrogen-bond donors (Lipinski definition) is 4. The quantitative estimate of drug-likeness (QED) is 0.141. The highest BCUT2D eigenvalue weighted by atomic mass is 16.5. The highest BCUT2D eigenvalue weighted by Gasteiger charge is 2.43. The number of hydrogen-bond acceptors (Lipinski definition) is 6. The van der Waals surface area contributed by atoms with Gasteiger partial charge in [0.15, 0.2) is 11.5 Å². The number of ether oxygens (including phenoxy) is 2. The number of fused-ring (bicyclic) bond motifs is 2. The smallest absolute Gasteiger partial charge is 0.164 e. The molecule has 1 saturated carbocycles. The Morgan fingerprint density at radius 1 is 1.05 bits per heavy atom. The summed E-state index contributed by atoms with van der Waals surface area (Å²) in [5, 5.41) is 25.1. The van der Waals surface area contributed by atoms with Crippen molar-refractivity contribution in [1.82, 2.24) is 5.32 Å². The van der Waals surface area contributed by atoms with E-state index in [1.165, 1.54) is 6.42 Å². The van der Waals surface area contributed by atoms with Crippen LogP contribution in [0, 0.1) is 11.3 Å². The van der Waals surface area contributed by atoms with Gasteiger partial charge in [-0.05, 0) is 97.9 Å². The Morgan fingerprint density at radius 2 is 1.77 bits per heavy atom. The van der Waals surface area contributed by atoms with Crippen LogP contribution in [0.1, 0.15) is 74.8 Å². The summed E-state index contributed by atoms with van der Waals surface area (Å²) in [4.78, 5) is 0. The van der Waals surface area contributed by atoms with Crippen LogP contribution in [0.5, 0.6) is 23.0 Å². The standard InChI is InChI=1S/C38H46N2O4/c1-25(2)12-15-31-33(41)18-28(20-36(31)43-24-30(39)23-40-22-26-9-6-5-7-10-26)14-13-27-17-29-21-32-35(11-8-16-38(32,3)4)44-37(29)34(42)19-27/h5-7,9-10,12-14,17-20,23,32,35,40-42H,8,11,15-16,21-22,24,39H2,1-4H3/b14-13+,30-23-. The van der Waals surface area contributed by atoms with E-state index in [4.69, 9.17) is 15.2 Å². The van der Waals surface area contributed by atoms with E-state index in [0.717, 1.165) is 47.1 Å². The van der Waals surface area contributed by atoms with Crippen molar-refractivity contribution in [2.24, 2.45) is 17.1 Å². The van der Waals surface area contributed by atoms with Crippen molar-refractivity contribution < 1.29 is 19.7 Å². The number of phenolic OH excluding ortho intramolecular Hbond substituents is 2. The Hall–Kier alpha value is -4.32. The van der Waals surface area contributed by atoms with Gasteiger partial charge in [0.2, 0.25) is 0 Å². The van der Waals surface area contributed by atoms with Gasteiger partial charge in [-0.2, -0.15) is 0 Å². The van der Waals surface area contributed by atoms with E-state index in [1.807, 2.05) is 50.3 Å². The summed E-state index contributed by atoms with van der Waals surface area (Å²) in [6.07, 6.45) is 12.7. The van der Waals surface area contributed by atoms with Gasteiger partial charge in [-0.1, -0.05) is 68.0 Å². The minimum atomic E-state index is 0.160. The second-order valence-corrected chi connectivity index (χ2v) is 13.1. The Balaban J connectivity index is 1.34. The lowest BCUT2D eigenvalue weighted by Gasteiger charge is -2.46. The van der Waals surface area contributed by atoms with E-state index in [-0.39, 0.29) is 29.6 Å². The van der Waals surface area contributed by atoms with Gasteiger partial charge in [0, 0.05) is 24.2 Å². The van der Waals surface area contributed by atoms with Gasteiger partial charge in [0.05, 0.1) is 5.70 Å². The number of phenols is 2. The van der Waals surface area contributed by atoms with E-state index in [0.29, 0.717) is 41.6 Å². The molecule has 2 aliphatic rings. The molecule has 0 aromatic heterocycles. The van der Waals surface area contributed by atoms with Crippen molar-refractivity contribution in [3.8, 4) is 23.0 Å². The number of allylic oxidation sites excluding steroid dienone is 2. The maximum atomic E-state index is 11.0. The molecule has 232 valence electrons. The van der Waals surface area contributed by atoms with Crippen LogP contribution in [0.15, 0.2) is 78.1 Å². The van der Waals surface area contributed by atoms with Crippen molar-refractivity contribution in [2.75, 3.05) is 6.61 Å². The zero-order valence-electron chi connectivity index (χ0n) is 26.4. The maximum absolute atomic E-state index is 11.0. The average molecular weight is 595 g/mol. The van der Waals surface area contributed by atoms with Crippen molar-refractivity contribution in [3.63, 3.8) is 0 Å². The molecule has 0 radical (unpaired) electrons. The van der Waals surface area contributed by atoms with Crippen LogP contribution in [0.4, 0.5) is 0 Å². The first kappa shape index (κ1) is 31.1. The number of rotatable bonds is 10. The fourth-order valence-electron chi connectivity index (χ4n) is 6.34. The fourth-order valence-corrected chi connectivity index (χ4v) is 6.34. The third-order valence-corrected chi connectivity index (χ3v) is 8.86. The molecule has 6 nitrogen and oxygen atoms in total. The first-order chi connectivity index (χ1) is 21.1. The number of nitrogens with two attached hydrogens (primary N) is 1. The fraction of sp³-hybridized carbons (Fsp3) is 0.368. The zero-order valence-corrected chi connectivity index (χ0v) is 26.4. The molecule has 44 heavy (non-hydrogen) atoms. The topological polar surface area (TPSA) is 97.0 Å². The Bertz CT molecular complexity index is 1550. The molecular formula is C38H46N2O4. The largest absolute Gasteiger partial charge is 0.507 e. The molecule has 1 aliphatic heterocycles. The molecule has 6 heteroatoms. The van der Waals surface area contributed by atoms with Gasteiger partial charge in [-0.15, -0.1) is 0 Å². The molecule has 3 aromatic carbocycles. The van der Waals surface area contributed by atoms with E-state index >= 15 is 0 Å². The lowest BCUT2D eigenvalue weighted by molar-refractivity contribution is -0.00709. The molecule has 2 unspecified atom stereocenters. The van der Waals surface area contributed by atoms with Crippen molar-refractivity contribution in [3.05, 3.63) is 106 Å². The van der Waals surface area contributed by atoms with Crippen LogP contribution in [-0.4, -0.2) is 22.9 Å². The minimum absolute atomic E-state index is 0.160. The summed E-state index contributed by atoms with van der Waals surface area (Å²) >= 11 is 0. The lowest BCUT2D eigenvalue weighted by Crippen LogP contribution is -2.45. The molecule has 1 aliphatic carbocycles. The van der Waals surface area contributed by atoms with Crippen LogP contribution in [0.3, 0.4) is 0 Å². The predicted molar refractivity (Wildman–Crippen MR) is 179 cm³/mol. The second-order valence-electron chi connectivity index (χ2n) is 13.1. The SMILES string of the molecule is CC(C)=CCc1c(O)cc(/C=C/c2cc(O)c3c(c2)CC2C(CCCC2(C)C)O3)cc1OC/C(N)=C/NCc1ccccc1. The monoisotopic (exact) mass is 594 g/mol. The molecule has 0 amide bonds. The first-order valence-electron chi connectivity index (χ1n) is 15.6. The highest BCUT2D eigenvalue weighted by molar-refractivity contribution is 5.73. The number of aromatic hydroxyl groups is 2. The summed E-state index contributed by atoms with van der Waals surface area (Å²) < 4.78 is 12.5. The molecule has 1 heterocycles. The molecule has 0 saturated heterocycles. The van der Waals surface area contributed by atoms with Crippen molar-refractivity contribution >= 4 is 12.2 Å². The normalized spacial score (nSPS) is 19.0. The van der Waals surface area contributed by atoms with Crippen LogP contribution < -0.4 is 20.5 Å². The Kier molecular flexibility index (Phi) is 9.58. The Labute approximate surface area is 261 Å². The third kappa shape index (κ3) is 7.60. The Morgan fingerprint density at radius 3 is 2.52 bits per heavy atom. The van der Waals surface area contributed by atoms with Crippen molar-refractivity contribution in [2.45, 2.75) is 72.4 Å². The highest BCUT2D eigenvalue weighted by Crippen LogP contribution is 2.50. The second kappa shape index (κ2) is 13.5. The number of benzene rings is 3. The summed E-state index contributed by atoms with van der Waals surface area (Å²) in [7, 11) is 0. The third-order valence-electron chi connectivity index (χ3n) is 8.86. The van der Waals surface area contributed by atoms with Crippen molar-refractivity contribution in [1.29, 1.82) is 0 Å². The zero-order chi connectivity index (χ0) is 31.3. The van der Waals surface area contributed by atoms with E-state index in [9.17, 15) is 10.2 Å². The van der Waals surface area contributed by atoms with Gasteiger partial charge in [-0.25, -0.2) is 0 Å². The molecule has 0 spiro atoms. The summed E-state index contributed by atoms with van der Waals surface area (Å²) in [5.74, 6) is 1.98. The van der Waals surface area contributed by atoms with E-state index < -0.39 is 0 Å². The van der Waals surface area contributed by atoms with Gasteiger partial charge in [0.25, 0.3) is 0 Å². The summed E-state index contributed by atoms with van der Waals surface area (Å²) in [6, 6.07) is 17.6. The molecule has 3 aromatic rings. The van der Waals surface area contributed by atoms with Crippen LogP contribution in [0.2, 0.25) is 0 Å². The van der Waals surface area contributed by atoms with Crippen LogP contribution >= 0.6 is 0 Å². The summed E-state index contributed by atoms with van der Waals surface area (Å²) in [6.45, 7) is 9.56. The molecular weight excluding hydrogens is 548 g/mol. The maximum Gasteiger partial charge on any atom is 0.164 e. The molecule has 2 atom stereocenters. The van der Waals surface area contributed by atoms with Gasteiger partial charge in [0.1, 0.15) is 24.2 Å². The first-order valence-corrected chi connectivity index (χ1v) is 15.6. The predicted octanol–water partition coefficient (Wildman–Crippen LogP) is 7.88. The van der Waals surface area contributed by atoms with Gasteiger partial charge < -0.3 is 30.7 Å². The van der Waals surface area contributed by atoms with Gasteiger partial charge >= 0.3 is 0 Å².